The topological polar surface area (TPSA) is 66.8 Å². The largest absolute Gasteiger partial charge is 0.508 e. The van der Waals surface area contributed by atoms with E-state index in [0.717, 1.165) is 10.2 Å². The predicted molar refractivity (Wildman–Crippen MR) is 87.5 cm³/mol. The lowest BCUT2D eigenvalue weighted by molar-refractivity contribution is -0.112. The van der Waals surface area contributed by atoms with Crippen LogP contribution in [0.3, 0.4) is 0 Å². The predicted octanol–water partition coefficient (Wildman–Crippen LogP) is 3.12. The molecule has 1 amide bonds. The number of amides is 1. The molecular formula is C17H10BrNO4. The number of ether oxygens (including phenoxy) is 1. The summed E-state index contributed by atoms with van der Waals surface area (Å²) in [5.74, 6) is -0.389. The number of carbonyl (C=O) groups excluding carboxylic acids is 2. The van der Waals surface area contributed by atoms with Crippen LogP contribution >= 0.6 is 15.9 Å². The molecular weight excluding hydrogens is 362 g/mol. The van der Waals surface area contributed by atoms with Crippen LogP contribution in [0.4, 0.5) is 5.69 Å². The van der Waals surface area contributed by atoms with E-state index in [1.807, 2.05) is 12.1 Å². The lowest BCUT2D eigenvalue weighted by atomic mass is 10.0. The van der Waals surface area contributed by atoms with E-state index in [9.17, 15) is 14.7 Å². The van der Waals surface area contributed by atoms with Gasteiger partial charge in [0.1, 0.15) is 11.5 Å². The number of nitrogens with zero attached hydrogens (tertiary/aromatic N) is 1. The molecule has 4 rings (SSSR count). The van der Waals surface area contributed by atoms with E-state index >= 15 is 0 Å². The van der Waals surface area contributed by atoms with Crippen molar-refractivity contribution in [1.82, 2.24) is 0 Å². The molecule has 0 atom stereocenters. The molecule has 0 unspecified atom stereocenters. The zero-order valence-corrected chi connectivity index (χ0v) is 13.5. The van der Waals surface area contributed by atoms with Crippen molar-refractivity contribution in [3.63, 3.8) is 0 Å². The Morgan fingerprint density at radius 2 is 1.87 bits per heavy atom. The van der Waals surface area contributed by atoms with Crippen LogP contribution in [-0.2, 0) is 4.79 Å². The van der Waals surface area contributed by atoms with E-state index in [2.05, 4.69) is 15.9 Å². The number of rotatable bonds is 0. The number of anilines is 1. The molecule has 2 aromatic rings. The number of phenolic OH excluding ortho intramolecular Hbond substituents is 1. The van der Waals surface area contributed by atoms with E-state index in [4.69, 9.17) is 4.74 Å². The minimum atomic E-state index is -0.357. The van der Waals surface area contributed by atoms with Gasteiger partial charge in [-0.15, -0.1) is 0 Å². The molecule has 0 saturated carbocycles. The third-order valence-electron chi connectivity index (χ3n) is 3.96. The minimum Gasteiger partial charge on any atom is -0.508 e. The number of halogens is 1. The summed E-state index contributed by atoms with van der Waals surface area (Å²) in [4.78, 5) is 26.7. The Morgan fingerprint density at radius 1 is 1.09 bits per heavy atom. The van der Waals surface area contributed by atoms with Crippen molar-refractivity contribution in [2.45, 2.75) is 0 Å². The molecule has 0 spiro atoms. The van der Waals surface area contributed by atoms with Crippen molar-refractivity contribution in [2.24, 2.45) is 0 Å². The van der Waals surface area contributed by atoms with E-state index in [0.29, 0.717) is 11.1 Å². The molecule has 0 bridgehead atoms. The number of benzene rings is 2. The first-order chi connectivity index (χ1) is 11.0. The van der Waals surface area contributed by atoms with Gasteiger partial charge in [0.25, 0.3) is 5.91 Å². The average Bonchev–Trinajstić information content (AvgIpc) is 2.94. The number of carbonyl (C=O) groups is 2. The van der Waals surface area contributed by atoms with Crippen LogP contribution in [0.15, 0.2) is 46.6 Å². The van der Waals surface area contributed by atoms with Gasteiger partial charge in [-0.2, -0.15) is 0 Å². The highest BCUT2D eigenvalue weighted by Crippen LogP contribution is 2.43. The van der Waals surface area contributed by atoms with Crippen LogP contribution in [0.1, 0.15) is 15.9 Å². The first-order valence-corrected chi connectivity index (χ1v) is 7.64. The summed E-state index contributed by atoms with van der Waals surface area (Å²) in [6.07, 6.45) is 0. The normalized spacial score (nSPS) is 19.0. The molecule has 114 valence electrons. The fourth-order valence-electron chi connectivity index (χ4n) is 2.84. The zero-order chi connectivity index (χ0) is 16.3. The van der Waals surface area contributed by atoms with Crippen molar-refractivity contribution in [2.75, 3.05) is 11.9 Å². The number of aromatic hydroxyl groups is 1. The Kier molecular flexibility index (Phi) is 2.86. The standard InChI is InChI=1S/C17H10BrNO4/c1-19-12-5-2-8(18)6-11(12)14(17(19)22)16-15(21)10-4-3-9(20)7-13(10)23-16/h2-7,20H,1H3/b16-14+. The smallest absolute Gasteiger partial charge is 0.262 e. The van der Waals surface area contributed by atoms with Crippen molar-refractivity contribution < 1.29 is 19.4 Å². The number of phenols is 1. The fourth-order valence-corrected chi connectivity index (χ4v) is 3.20. The number of Topliss-reactive ketones (excluding diaryl/α,β-unsaturated/α-hetero) is 1. The number of hydrogen-bond acceptors (Lipinski definition) is 4. The third-order valence-corrected chi connectivity index (χ3v) is 4.46. The number of ketones is 1. The van der Waals surface area contributed by atoms with Crippen LogP contribution in [0.5, 0.6) is 11.5 Å². The maximum atomic E-state index is 12.6. The summed E-state index contributed by atoms with van der Waals surface area (Å²) in [6, 6.07) is 9.71. The van der Waals surface area contributed by atoms with Gasteiger partial charge in [-0.1, -0.05) is 15.9 Å². The lowest BCUT2D eigenvalue weighted by Gasteiger charge is -2.08. The Hall–Kier alpha value is -2.60. The Balaban J connectivity index is 1.95. The molecule has 2 aliphatic rings. The number of hydrogen-bond donors (Lipinski definition) is 1. The van der Waals surface area contributed by atoms with Gasteiger partial charge < -0.3 is 14.7 Å². The maximum Gasteiger partial charge on any atom is 0.262 e. The van der Waals surface area contributed by atoms with Crippen molar-refractivity contribution >= 4 is 38.9 Å². The van der Waals surface area contributed by atoms with Crippen molar-refractivity contribution in [3.8, 4) is 11.5 Å². The van der Waals surface area contributed by atoms with Gasteiger partial charge >= 0.3 is 0 Å². The summed E-state index contributed by atoms with van der Waals surface area (Å²) in [5, 5.41) is 9.53. The quantitative estimate of drug-likeness (QED) is 0.722. The van der Waals surface area contributed by atoms with Gasteiger partial charge in [0, 0.05) is 23.2 Å². The minimum absolute atomic E-state index is 0.000648. The van der Waals surface area contributed by atoms with Crippen LogP contribution in [-0.4, -0.2) is 23.8 Å². The second-order valence-electron chi connectivity index (χ2n) is 5.34. The third kappa shape index (κ3) is 1.91. The van der Waals surface area contributed by atoms with Crippen LogP contribution in [0.25, 0.3) is 5.57 Å². The summed E-state index contributed by atoms with van der Waals surface area (Å²) < 4.78 is 6.41. The van der Waals surface area contributed by atoms with Crippen LogP contribution in [0, 0.1) is 0 Å². The highest BCUT2D eigenvalue weighted by atomic mass is 79.9. The monoisotopic (exact) mass is 371 g/mol. The highest BCUT2D eigenvalue weighted by Gasteiger charge is 2.39. The Bertz CT molecular complexity index is 932. The highest BCUT2D eigenvalue weighted by molar-refractivity contribution is 9.10. The first-order valence-electron chi connectivity index (χ1n) is 6.85. The summed E-state index contributed by atoms with van der Waals surface area (Å²) in [5.41, 5.74) is 1.94. The van der Waals surface area contributed by atoms with Gasteiger partial charge in [0.15, 0.2) is 5.76 Å². The molecule has 6 heteroatoms. The SMILES string of the molecule is CN1C(=O)/C(=C2/Oc3cc(O)ccc3C2=O)c2cc(Br)ccc21. The second-order valence-corrected chi connectivity index (χ2v) is 6.26. The van der Waals surface area contributed by atoms with Crippen molar-refractivity contribution in [1.29, 1.82) is 0 Å². The average molecular weight is 372 g/mol. The summed E-state index contributed by atoms with van der Waals surface area (Å²) >= 11 is 3.38. The van der Waals surface area contributed by atoms with E-state index in [-0.39, 0.29) is 34.5 Å². The molecule has 2 aliphatic heterocycles. The van der Waals surface area contributed by atoms with Gasteiger partial charge in [0.05, 0.1) is 16.8 Å². The molecule has 2 aromatic carbocycles. The molecule has 0 saturated heterocycles. The zero-order valence-electron chi connectivity index (χ0n) is 12.0. The Labute approximate surface area is 139 Å². The number of likely N-dealkylation sites (N-methyl/N-ethyl adjacent to an activating group) is 1. The molecule has 23 heavy (non-hydrogen) atoms. The summed E-state index contributed by atoms with van der Waals surface area (Å²) in [7, 11) is 1.65. The van der Waals surface area contributed by atoms with Gasteiger partial charge in [0.2, 0.25) is 5.78 Å². The van der Waals surface area contributed by atoms with Crippen LogP contribution < -0.4 is 9.64 Å². The van der Waals surface area contributed by atoms with Crippen molar-refractivity contribution in [3.05, 3.63) is 57.8 Å². The Morgan fingerprint density at radius 3 is 2.65 bits per heavy atom. The van der Waals surface area contributed by atoms with Crippen LogP contribution in [0.2, 0.25) is 0 Å². The van der Waals surface area contributed by atoms with Gasteiger partial charge in [-0.25, -0.2) is 0 Å². The number of allylic oxidation sites excluding steroid dienone is 1. The van der Waals surface area contributed by atoms with E-state index in [1.165, 1.54) is 23.1 Å². The van der Waals surface area contributed by atoms with Gasteiger partial charge in [-0.05, 0) is 30.3 Å². The number of fused-ring (bicyclic) bond motifs is 2. The molecule has 2 heterocycles. The maximum absolute atomic E-state index is 12.6. The molecule has 0 radical (unpaired) electrons. The first kappa shape index (κ1) is 14.0. The fraction of sp³-hybridized carbons (Fsp3) is 0.0588. The van der Waals surface area contributed by atoms with E-state index < -0.39 is 0 Å². The van der Waals surface area contributed by atoms with E-state index in [1.54, 1.807) is 13.1 Å². The molecule has 1 N–H and O–H groups in total. The summed E-state index contributed by atoms with van der Waals surface area (Å²) in [6.45, 7) is 0. The molecule has 0 fully saturated rings. The molecule has 0 aliphatic carbocycles. The lowest BCUT2D eigenvalue weighted by Crippen LogP contribution is -2.22. The van der Waals surface area contributed by atoms with Gasteiger partial charge in [-0.3, -0.25) is 9.59 Å². The molecule has 5 nitrogen and oxygen atoms in total. The second kappa shape index (κ2) is 4.70. The molecule has 0 aromatic heterocycles.